The van der Waals surface area contributed by atoms with Gasteiger partial charge in [0.1, 0.15) is 0 Å². The third-order valence-corrected chi connectivity index (χ3v) is 8.95. The predicted octanol–water partition coefficient (Wildman–Crippen LogP) is 3.04. The predicted molar refractivity (Wildman–Crippen MR) is 137 cm³/mol. The van der Waals surface area contributed by atoms with E-state index in [9.17, 15) is 24.0 Å². The summed E-state index contributed by atoms with van der Waals surface area (Å²) in [5.74, 6) is -3.84. The number of amides is 4. The molecule has 3 fully saturated rings. The Kier molecular flexibility index (Phi) is 6.99. The summed E-state index contributed by atoms with van der Waals surface area (Å²) in [5, 5.41) is -0.680. The van der Waals surface area contributed by atoms with Crippen LogP contribution in [0.2, 0.25) is 0 Å². The van der Waals surface area contributed by atoms with E-state index >= 15 is 0 Å². The molecule has 2 aromatic carbocycles. The number of esters is 1. The second-order valence-corrected chi connectivity index (χ2v) is 11.1. The molecule has 1 heterocycles. The second kappa shape index (κ2) is 10.1. The Morgan fingerprint density at radius 1 is 0.865 bits per heavy atom. The molecule has 3 aliphatic rings. The van der Waals surface area contributed by atoms with E-state index in [1.54, 1.807) is 24.3 Å². The van der Waals surface area contributed by atoms with Crippen LogP contribution in [0.15, 0.2) is 53.0 Å². The van der Waals surface area contributed by atoms with Gasteiger partial charge in [-0.25, -0.2) is 4.79 Å². The maximum absolute atomic E-state index is 13.1. The van der Waals surface area contributed by atoms with Crippen molar-refractivity contribution in [3.63, 3.8) is 0 Å². The van der Waals surface area contributed by atoms with Gasteiger partial charge in [0.05, 0.1) is 33.8 Å². The maximum Gasteiger partial charge on any atom is 0.338 e. The lowest BCUT2D eigenvalue weighted by Gasteiger charge is -2.28. The summed E-state index contributed by atoms with van der Waals surface area (Å²) in [6.45, 7) is -0.629. The first kappa shape index (κ1) is 25.7. The van der Waals surface area contributed by atoms with E-state index < -0.39 is 36.2 Å². The standard InChI is InChI=1S/C25H20BrCl2N3O6/c26-13-5-1-11(2-6-13)22(33)30-29-17(32)10-37-25(36)12-3-7-14(8-4-12)31-23(34)18-15-9-16(19(18)24(31)35)21(28)20(15)27/h1-8,15-16,18-21H,9-10H2,(H,29,32)(H,30,33)/t15-,16-,18-,19-,20+,21+/m1/s1. The molecule has 0 unspecified atom stereocenters. The molecule has 2 N–H and O–H groups in total. The average Bonchev–Trinajstić information content (AvgIpc) is 3.51. The van der Waals surface area contributed by atoms with Gasteiger partial charge in [-0.15, -0.1) is 23.2 Å². The summed E-state index contributed by atoms with van der Waals surface area (Å²) < 4.78 is 5.79. The molecule has 0 radical (unpaired) electrons. The first-order valence-corrected chi connectivity index (χ1v) is 13.1. The normalized spacial score (nSPS) is 27.7. The van der Waals surface area contributed by atoms with Crippen LogP contribution in [0.4, 0.5) is 5.69 Å². The Morgan fingerprint density at radius 2 is 1.41 bits per heavy atom. The molecule has 2 aliphatic carbocycles. The number of carbonyl (C=O) groups excluding carboxylic acids is 5. The smallest absolute Gasteiger partial charge is 0.338 e. The fourth-order valence-corrected chi connectivity index (χ4v) is 6.56. The van der Waals surface area contributed by atoms with Crippen molar-refractivity contribution < 1.29 is 28.7 Å². The molecule has 1 saturated heterocycles. The van der Waals surface area contributed by atoms with E-state index in [4.69, 9.17) is 27.9 Å². The van der Waals surface area contributed by atoms with Crippen LogP contribution in [0, 0.1) is 23.7 Å². The number of hydrogen-bond acceptors (Lipinski definition) is 6. The Hall–Kier alpha value is -2.95. The number of nitrogens with zero attached hydrogens (tertiary/aromatic N) is 1. The van der Waals surface area contributed by atoms with Gasteiger partial charge in [-0.1, -0.05) is 15.9 Å². The van der Waals surface area contributed by atoms with E-state index in [0.717, 1.165) is 9.37 Å². The van der Waals surface area contributed by atoms with Gasteiger partial charge in [-0.2, -0.15) is 0 Å². The Labute approximate surface area is 229 Å². The molecule has 9 nitrogen and oxygen atoms in total. The number of benzene rings is 2. The minimum absolute atomic E-state index is 0.122. The van der Waals surface area contributed by atoms with E-state index in [1.807, 2.05) is 0 Å². The van der Waals surface area contributed by atoms with Crippen molar-refractivity contribution in [3.8, 4) is 0 Å². The Balaban J connectivity index is 1.15. The number of rotatable bonds is 5. The number of carbonyl (C=O) groups is 5. The zero-order chi connectivity index (χ0) is 26.4. The van der Waals surface area contributed by atoms with Crippen LogP contribution in [0.25, 0.3) is 0 Å². The molecule has 2 bridgehead atoms. The maximum atomic E-state index is 13.1. The van der Waals surface area contributed by atoms with Crippen LogP contribution in [0.3, 0.4) is 0 Å². The molecule has 37 heavy (non-hydrogen) atoms. The van der Waals surface area contributed by atoms with E-state index in [1.165, 1.54) is 24.3 Å². The molecular weight excluding hydrogens is 589 g/mol. The van der Waals surface area contributed by atoms with Gasteiger partial charge in [0.15, 0.2) is 6.61 Å². The van der Waals surface area contributed by atoms with Gasteiger partial charge in [-0.3, -0.25) is 34.9 Å². The van der Waals surface area contributed by atoms with Gasteiger partial charge in [0, 0.05) is 10.0 Å². The van der Waals surface area contributed by atoms with Crippen LogP contribution >= 0.6 is 39.1 Å². The third-order valence-electron chi connectivity index (χ3n) is 7.10. The number of hydrogen-bond donors (Lipinski definition) is 2. The molecule has 1 aliphatic heterocycles. The zero-order valence-corrected chi connectivity index (χ0v) is 22.1. The summed E-state index contributed by atoms with van der Waals surface area (Å²) in [4.78, 5) is 63.7. The number of hydrazine groups is 1. The number of ether oxygens (including phenoxy) is 1. The summed E-state index contributed by atoms with van der Waals surface area (Å²) in [5.41, 5.74) is 5.19. The van der Waals surface area contributed by atoms with Crippen LogP contribution in [-0.4, -0.2) is 47.0 Å². The van der Waals surface area contributed by atoms with Crippen LogP contribution in [0.1, 0.15) is 27.1 Å². The van der Waals surface area contributed by atoms with Crippen LogP contribution in [0.5, 0.6) is 0 Å². The molecule has 0 spiro atoms. The van der Waals surface area contributed by atoms with Gasteiger partial charge in [0.2, 0.25) is 11.8 Å². The number of imide groups is 1. The van der Waals surface area contributed by atoms with Gasteiger partial charge in [-0.05, 0) is 66.8 Å². The van der Waals surface area contributed by atoms with Gasteiger partial charge < -0.3 is 4.74 Å². The zero-order valence-electron chi connectivity index (χ0n) is 19.0. The summed E-state index contributed by atoms with van der Waals surface area (Å²) >= 11 is 16.1. The van der Waals surface area contributed by atoms with Crippen molar-refractivity contribution in [2.75, 3.05) is 11.5 Å². The highest BCUT2D eigenvalue weighted by molar-refractivity contribution is 9.10. The molecule has 6 atom stereocenters. The SMILES string of the molecule is O=C(COC(=O)c1ccc(N2C(=O)[C@@H]3[C@H]4C[C@@H]([C@H](Cl)[C@H]4Cl)[C@H]3C2=O)cc1)NNC(=O)c1ccc(Br)cc1. The highest BCUT2D eigenvalue weighted by Crippen LogP contribution is 2.59. The number of halogens is 3. The number of anilines is 1. The second-order valence-electron chi connectivity index (χ2n) is 9.15. The third kappa shape index (κ3) is 4.62. The van der Waals surface area contributed by atoms with Crippen LogP contribution < -0.4 is 15.8 Å². The van der Waals surface area contributed by atoms with E-state index in [2.05, 4.69) is 26.8 Å². The minimum atomic E-state index is -0.787. The molecule has 2 saturated carbocycles. The van der Waals surface area contributed by atoms with Crippen LogP contribution in [-0.2, 0) is 19.1 Å². The number of nitrogens with one attached hydrogen (secondary N) is 2. The highest BCUT2D eigenvalue weighted by atomic mass is 79.9. The lowest BCUT2D eigenvalue weighted by Crippen LogP contribution is -2.43. The highest BCUT2D eigenvalue weighted by Gasteiger charge is 2.66. The topological polar surface area (TPSA) is 122 Å². The summed E-state index contributed by atoms with van der Waals surface area (Å²) in [7, 11) is 0. The van der Waals surface area contributed by atoms with Gasteiger partial charge in [0.25, 0.3) is 11.8 Å². The average molecular weight is 609 g/mol. The van der Waals surface area contributed by atoms with E-state index in [-0.39, 0.29) is 40.0 Å². The van der Waals surface area contributed by atoms with E-state index in [0.29, 0.717) is 17.7 Å². The van der Waals surface area contributed by atoms with Crippen molar-refractivity contribution in [1.29, 1.82) is 0 Å². The molecule has 192 valence electrons. The fraction of sp³-hybridized carbons (Fsp3) is 0.320. The van der Waals surface area contributed by atoms with Crippen molar-refractivity contribution in [2.45, 2.75) is 17.2 Å². The summed E-state index contributed by atoms with van der Waals surface area (Å²) in [6.07, 6.45) is 0.676. The molecule has 4 amide bonds. The van der Waals surface area contributed by atoms with Crippen molar-refractivity contribution in [1.82, 2.24) is 10.9 Å². The molecule has 2 aromatic rings. The molecule has 5 rings (SSSR count). The Morgan fingerprint density at radius 3 is 1.97 bits per heavy atom. The van der Waals surface area contributed by atoms with Crippen molar-refractivity contribution >= 4 is 74.4 Å². The first-order chi connectivity index (χ1) is 17.7. The minimum Gasteiger partial charge on any atom is -0.452 e. The lowest BCUT2D eigenvalue weighted by atomic mass is 9.80. The first-order valence-electron chi connectivity index (χ1n) is 11.4. The van der Waals surface area contributed by atoms with Crippen molar-refractivity contribution in [2.24, 2.45) is 23.7 Å². The monoisotopic (exact) mass is 607 g/mol. The largest absolute Gasteiger partial charge is 0.452 e. The molecular formula is C25H20BrCl2N3O6. The molecule has 0 aromatic heterocycles. The van der Waals surface area contributed by atoms with Crippen molar-refractivity contribution in [3.05, 3.63) is 64.1 Å². The Bertz CT molecular complexity index is 1260. The van der Waals surface area contributed by atoms with Gasteiger partial charge >= 0.3 is 5.97 Å². The lowest BCUT2D eigenvalue weighted by molar-refractivity contribution is -0.125. The molecule has 12 heteroatoms. The summed E-state index contributed by atoms with van der Waals surface area (Å²) in [6, 6.07) is 12.3. The number of fused-ring (bicyclic) bond motifs is 5. The quantitative estimate of drug-likeness (QED) is 0.233. The fourth-order valence-electron chi connectivity index (χ4n) is 5.40. The number of alkyl halides is 2.